The second-order valence-corrected chi connectivity index (χ2v) is 5.56. The van der Waals surface area contributed by atoms with Crippen molar-refractivity contribution in [1.82, 2.24) is 5.32 Å². The van der Waals surface area contributed by atoms with Crippen LogP contribution in [0, 0.1) is 17.3 Å². The highest BCUT2D eigenvalue weighted by Crippen LogP contribution is 2.44. The molecule has 0 unspecified atom stereocenters. The molecule has 0 heterocycles. The predicted octanol–water partition coefficient (Wildman–Crippen LogP) is 2.21. The summed E-state index contributed by atoms with van der Waals surface area (Å²) in [5, 5.41) is 12.0. The highest BCUT2D eigenvalue weighted by molar-refractivity contribution is 6.32. The summed E-state index contributed by atoms with van der Waals surface area (Å²) in [4.78, 5) is 12.0. The summed E-state index contributed by atoms with van der Waals surface area (Å²) >= 11 is 6.05. The van der Waals surface area contributed by atoms with Crippen LogP contribution in [0.3, 0.4) is 0 Å². The number of benzene rings is 1. The highest BCUT2D eigenvalue weighted by atomic mass is 35.5. The van der Waals surface area contributed by atoms with Crippen molar-refractivity contribution >= 4 is 17.5 Å². The van der Waals surface area contributed by atoms with Crippen LogP contribution in [0.4, 0.5) is 0 Å². The average molecular weight is 278 g/mol. The van der Waals surface area contributed by atoms with E-state index in [2.05, 4.69) is 24.1 Å². The number of aliphatic hydroxyl groups is 1. The van der Waals surface area contributed by atoms with Crippen LogP contribution in [-0.4, -0.2) is 24.2 Å². The summed E-state index contributed by atoms with van der Waals surface area (Å²) in [6, 6.07) is 4.99. The Morgan fingerprint density at radius 1 is 1.53 bits per heavy atom. The molecule has 2 N–H and O–H groups in total. The molecular weight excluding hydrogens is 262 g/mol. The van der Waals surface area contributed by atoms with Crippen molar-refractivity contribution in [3.63, 3.8) is 0 Å². The second-order valence-electron chi connectivity index (χ2n) is 5.15. The average Bonchev–Trinajstić information content (AvgIpc) is 3.13. The molecule has 1 aromatic carbocycles. The molecule has 4 heteroatoms. The molecule has 0 radical (unpaired) electrons. The van der Waals surface area contributed by atoms with E-state index in [4.69, 9.17) is 16.7 Å². The zero-order valence-corrected chi connectivity index (χ0v) is 11.5. The SMILES string of the molecule is CC1(CNC(=O)c2ccc(C#CCO)c(Cl)c2)CC1. The molecule has 1 amide bonds. The topological polar surface area (TPSA) is 49.3 Å². The minimum atomic E-state index is -0.211. The molecule has 0 spiro atoms. The molecule has 2 rings (SSSR count). The Hall–Kier alpha value is -1.50. The molecule has 1 aromatic rings. The van der Waals surface area contributed by atoms with Crippen LogP contribution in [0.25, 0.3) is 0 Å². The molecular formula is C15H16ClNO2. The second kappa shape index (κ2) is 5.64. The highest BCUT2D eigenvalue weighted by Gasteiger charge is 2.37. The van der Waals surface area contributed by atoms with E-state index < -0.39 is 0 Å². The zero-order valence-electron chi connectivity index (χ0n) is 10.8. The van der Waals surface area contributed by atoms with Crippen molar-refractivity contribution < 1.29 is 9.90 Å². The van der Waals surface area contributed by atoms with Crippen LogP contribution in [0.15, 0.2) is 18.2 Å². The van der Waals surface area contributed by atoms with Gasteiger partial charge < -0.3 is 10.4 Å². The van der Waals surface area contributed by atoms with Gasteiger partial charge in [0.2, 0.25) is 0 Å². The lowest BCUT2D eigenvalue weighted by Crippen LogP contribution is -2.28. The first kappa shape index (κ1) is 13.9. The van der Waals surface area contributed by atoms with Gasteiger partial charge in [0, 0.05) is 17.7 Å². The third kappa shape index (κ3) is 3.73. The number of carbonyl (C=O) groups excluding carboxylic acids is 1. The molecule has 1 saturated carbocycles. The maximum Gasteiger partial charge on any atom is 0.251 e. The van der Waals surface area contributed by atoms with Crippen LogP contribution in [0.5, 0.6) is 0 Å². The van der Waals surface area contributed by atoms with Gasteiger partial charge in [-0.2, -0.15) is 0 Å². The van der Waals surface area contributed by atoms with Crippen LogP contribution in [0.1, 0.15) is 35.7 Å². The quantitative estimate of drug-likeness (QED) is 0.833. The summed E-state index contributed by atoms with van der Waals surface area (Å²) < 4.78 is 0. The summed E-state index contributed by atoms with van der Waals surface area (Å²) in [6.07, 6.45) is 2.34. The normalized spacial score (nSPS) is 15.3. The lowest BCUT2D eigenvalue weighted by Gasteiger charge is -2.10. The van der Waals surface area contributed by atoms with Gasteiger partial charge in [-0.1, -0.05) is 30.4 Å². The summed E-state index contributed by atoms with van der Waals surface area (Å²) in [7, 11) is 0. The molecule has 0 aliphatic heterocycles. The van der Waals surface area contributed by atoms with Gasteiger partial charge in [-0.3, -0.25) is 4.79 Å². The van der Waals surface area contributed by atoms with Crippen molar-refractivity contribution in [1.29, 1.82) is 0 Å². The predicted molar refractivity (Wildman–Crippen MR) is 75.1 cm³/mol. The summed E-state index contributed by atoms with van der Waals surface area (Å²) in [5.74, 6) is 5.15. The van der Waals surface area contributed by atoms with Crippen molar-refractivity contribution in [2.45, 2.75) is 19.8 Å². The molecule has 3 nitrogen and oxygen atoms in total. The van der Waals surface area contributed by atoms with Crippen LogP contribution < -0.4 is 5.32 Å². The van der Waals surface area contributed by atoms with E-state index in [1.165, 1.54) is 12.8 Å². The maximum absolute atomic E-state index is 12.0. The van der Waals surface area contributed by atoms with Crippen molar-refractivity contribution in [3.05, 3.63) is 34.3 Å². The van der Waals surface area contributed by atoms with Gasteiger partial charge in [-0.15, -0.1) is 0 Å². The fourth-order valence-electron chi connectivity index (χ4n) is 1.68. The minimum absolute atomic E-state index is 0.114. The molecule has 100 valence electrons. The number of hydrogen-bond donors (Lipinski definition) is 2. The van der Waals surface area contributed by atoms with E-state index in [0.29, 0.717) is 22.7 Å². The molecule has 0 aromatic heterocycles. The monoisotopic (exact) mass is 277 g/mol. The number of amides is 1. The fourth-order valence-corrected chi connectivity index (χ4v) is 1.91. The van der Waals surface area contributed by atoms with Gasteiger partial charge in [0.05, 0.1) is 5.02 Å². The summed E-state index contributed by atoms with van der Waals surface area (Å²) in [5.41, 5.74) is 1.43. The molecule has 0 bridgehead atoms. The van der Waals surface area contributed by atoms with Crippen molar-refractivity contribution in [2.24, 2.45) is 5.41 Å². The Labute approximate surface area is 118 Å². The van der Waals surface area contributed by atoms with Gasteiger partial charge >= 0.3 is 0 Å². The van der Waals surface area contributed by atoms with E-state index in [1.54, 1.807) is 18.2 Å². The Morgan fingerprint density at radius 2 is 2.26 bits per heavy atom. The first-order valence-electron chi connectivity index (χ1n) is 6.22. The first-order valence-corrected chi connectivity index (χ1v) is 6.59. The Bertz CT molecular complexity index is 553. The lowest BCUT2D eigenvalue weighted by atomic mass is 10.1. The zero-order chi connectivity index (χ0) is 13.9. The van der Waals surface area contributed by atoms with Crippen molar-refractivity contribution in [3.8, 4) is 11.8 Å². The first-order chi connectivity index (χ1) is 9.04. The third-order valence-corrected chi connectivity index (χ3v) is 3.63. The number of hydrogen-bond acceptors (Lipinski definition) is 2. The van der Waals surface area contributed by atoms with Crippen LogP contribution in [0.2, 0.25) is 5.02 Å². The standard InChI is InChI=1S/C15H16ClNO2/c1-15(6-7-15)10-17-14(19)12-5-4-11(3-2-8-18)13(16)9-12/h4-5,9,18H,6-8,10H2,1H3,(H,17,19). The molecule has 1 fully saturated rings. The van der Waals surface area contributed by atoms with Gasteiger partial charge in [0.1, 0.15) is 6.61 Å². The fraction of sp³-hybridized carbons (Fsp3) is 0.400. The van der Waals surface area contributed by atoms with Crippen molar-refractivity contribution in [2.75, 3.05) is 13.2 Å². The van der Waals surface area contributed by atoms with Crippen LogP contribution >= 0.6 is 11.6 Å². The molecule has 0 atom stereocenters. The number of nitrogens with one attached hydrogen (secondary N) is 1. The van der Waals surface area contributed by atoms with E-state index in [0.717, 1.165) is 0 Å². The smallest absolute Gasteiger partial charge is 0.251 e. The third-order valence-electron chi connectivity index (χ3n) is 3.31. The Balaban J connectivity index is 2.04. The van der Waals surface area contributed by atoms with Gasteiger partial charge in [0.25, 0.3) is 5.91 Å². The van der Waals surface area contributed by atoms with Gasteiger partial charge in [0.15, 0.2) is 0 Å². The minimum Gasteiger partial charge on any atom is -0.384 e. The van der Waals surface area contributed by atoms with Gasteiger partial charge in [-0.05, 0) is 36.5 Å². The van der Waals surface area contributed by atoms with E-state index in [9.17, 15) is 4.79 Å². The summed E-state index contributed by atoms with van der Waals surface area (Å²) in [6.45, 7) is 2.65. The molecule has 1 aliphatic rings. The number of rotatable bonds is 3. The van der Waals surface area contributed by atoms with Gasteiger partial charge in [-0.25, -0.2) is 0 Å². The van der Waals surface area contributed by atoms with E-state index >= 15 is 0 Å². The van der Waals surface area contributed by atoms with E-state index in [1.807, 2.05) is 0 Å². The number of carbonyl (C=O) groups is 1. The number of aliphatic hydroxyl groups excluding tert-OH is 1. The Kier molecular flexibility index (Phi) is 4.14. The van der Waals surface area contributed by atoms with E-state index in [-0.39, 0.29) is 17.9 Å². The molecule has 0 saturated heterocycles. The molecule has 19 heavy (non-hydrogen) atoms. The maximum atomic E-state index is 12.0. The number of halogens is 1. The van der Waals surface area contributed by atoms with Crippen LogP contribution in [-0.2, 0) is 0 Å². The molecule has 1 aliphatic carbocycles. The largest absolute Gasteiger partial charge is 0.384 e. The lowest BCUT2D eigenvalue weighted by molar-refractivity contribution is 0.0946. The Morgan fingerprint density at radius 3 is 2.84 bits per heavy atom.